The average Bonchev–Trinajstić information content (AvgIpc) is 3.05. The molecule has 0 aliphatic heterocycles. The molecule has 1 unspecified atom stereocenters. The van der Waals surface area contributed by atoms with Crippen LogP contribution in [0, 0.1) is 0 Å². The molecule has 0 saturated heterocycles. The molecule has 23 heavy (non-hydrogen) atoms. The van der Waals surface area contributed by atoms with Crippen molar-refractivity contribution >= 4 is 6.03 Å². The topological polar surface area (TPSA) is 54.7 Å². The number of carbonyl (C=O) groups excluding carboxylic acids is 1. The Morgan fingerprint density at radius 1 is 1.35 bits per heavy atom. The molecular formula is C18H24N2O3. The number of rotatable bonds is 7. The second-order valence-electron chi connectivity index (χ2n) is 5.55. The molecule has 1 N–H and O–H groups in total. The predicted octanol–water partition coefficient (Wildman–Crippen LogP) is 3.45. The van der Waals surface area contributed by atoms with Gasteiger partial charge in [0.25, 0.3) is 0 Å². The van der Waals surface area contributed by atoms with Crippen molar-refractivity contribution in [1.29, 1.82) is 0 Å². The Hall–Kier alpha value is -2.43. The second-order valence-corrected chi connectivity index (χ2v) is 5.55. The summed E-state index contributed by atoms with van der Waals surface area (Å²) in [5.74, 6) is 0.830. The summed E-state index contributed by atoms with van der Waals surface area (Å²) in [6, 6.07) is 9.74. The summed E-state index contributed by atoms with van der Waals surface area (Å²) in [4.78, 5) is 14.1. The number of urea groups is 1. The van der Waals surface area contributed by atoms with Crippen LogP contribution in [0.5, 0.6) is 5.75 Å². The summed E-state index contributed by atoms with van der Waals surface area (Å²) < 4.78 is 10.3. The van der Waals surface area contributed by atoms with Gasteiger partial charge in [0.1, 0.15) is 5.75 Å². The van der Waals surface area contributed by atoms with E-state index in [0.717, 1.165) is 23.3 Å². The predicted molar refractivity (Wildman–Crippen MR) is 89.5 cm³/mol. The summed E-state index contributed by atoms with van der Waals surface area (Å²) in [6.45, 7) is 5.16. The van der Waals surface area contributed by atoms with Crippen LogP contribution in [0.2, 0.25) is 0 Å². The summed E-state index contributed by atoms with van der Waals surface area (Å²) in [5, 5.41) is 3.04. The SMILES string of the molecule is CCN(Cc1ccoc1)C(=O)NC(C)Cc1cccc(OC)c1. The minimum Gasteiger partial charge on any atom is -0.497 e. The van der Waals surface area contributed by atoms with Gasteiger partial charge in [-0.25, -0.2) is 4.79 Å². The van der Waals surface area contributed by atoms with Crippen LogP contribution in [0.3, 0.4) is 0 Å². The zero-order valence-corrected chi connectivity index (χ0v) is 13.9. The van der Waals surface area contributed by atoms with Crippen molar-refractivity contribution in [2.75, 3.05) is 13.7 Å². The first-order valence-corrected chi connectivity index (χ1v) is 7.81. The number of hydrogen-bond acceptors (Lipinski definition) is 3. The first-order chi connectivity index (χ1) is 11.1. The highest BCUT2D eigenvalue weighted by Gasteiger charge is 2.15. The number of nitrogens with one attached hydrogen (secondary N) is 1. The normalized spacial score (nSPS) is 11.8. The van der Waals surface area contributed by atoms with E-state index in [9.17, 15) is 4.79 Å². The van der Waals surface area contributed by atoms with E-state index in [1.54, 1.807) is 24.5 Å². The molecule has 0 radical (unpaired) electrons. The molecule has 0 aliphatic rings. The van der Waals surface area contributed by atoms with Crippen molar-refractivity contribution in [3.8, 4) is 5.75 Å². The van der Waals surface area contributed by atoms with E-state index in [4.69, 9.17) is 9.15 Å². The number of carbonyl (C=O) groups is 1. The molecule has 2 rings (SSSR count). The van der Waals surface area contributed by atoms with E-state index in [1.165, 1.54) is 0 Å². The lowest BCUT2D eigenvalue weighted by molar-refractivity contribution is 0.194. The molecule has 0 bridgehead atoms. The van der Waals surface area contributed by atoms with E-state index in [-0.39, 0.29) is 12.1 Å². The molecule has 0 aliphatic carbocycles. The van der Waals surface area contributed by atoms with Gasteiger partial charge in [0.2, 0.25) is 0 Å². The molecule has 5 nitrogen and oxygen atoms in total. The molecule has 1 atom stereocenters. The van der Waals surface area contributed by atoms with Gasteiger partial charge in [-0.05, 0) is 44.0 Å². The fraction of sp³-hybridized carbons (Fsp3) is 0.389. The maximum atomic E-state index is 12.4. The molecule has 0 fully saturated rings. The molecule has 1 heterocycles. The molecule has 0 spiro atoms. The standard InChI is InChI=1S/C18H24N2O3/c1-4-20(12-16-8-9-23-13-16)18(21)19-14(2)10-15-6-5-7-17(11-15)22-3/h5-9,11,13-14H,4,10,12H2,1-3H3,(H,19,21). The Kier molecular flexibility index (Phi) is 6.09. The third-order valence-electron chi connectivity index (χ3n) is 3.67. The first-order valence-electron chi connectivity index (χ1n) is 7.81. The van der Waals surface area contributed by atoms with Crippen LogP contribution in [0.15, 0.2) is 47.3 Å². The van der Waals surface area contributed by atoms with Gasteiger partial charge in [0.15, 0.2) is 0 Å². The van der Waals surface area contributed by atoms with E-state index >= 15 is 0 Å². The average molecular weight is 316 g/mol. The largest absolute Gasteiger partial charge is 0.497 e. The molecule has 2 aromatic rings. The van der Waals surface area contributed by atoms with Crippen molar-refractivity contribution in [3.63, 3.8) is 0 Å². The van der Waals surface area contributed by atoms with Crippen LogP contribution in [0.4, 0.5) is 4.79 Å². The fourth-order valence-electron chi connectivity index (χ4n) is 2.44. The Morgan fingerprint density at radius 2 is 2.17 bits per heavy atom. The highest BCUT2D eigenvalue weighted by Crippen LogP contribution is 2.14. The first kappa shape index (κ1) is 16.9. The summed E-state index contributed by atoms with van der Waals surface area (Å²) in [6.07, 6.45) is 4.04. The van der Waals surface area contributed by atoms with Crippen molar-refractivity contribution in [3.05, 3.63) is 54.0 Å². The Balaban J connectivity index is 1.89. The maximum Gasteiger partial charge on any atom is 0.317 e. The fourth-order valence-corrected chi connectivity index (χ4v) is 2.44. The lowest BCUT2D eigenvalue weighted by Crippen LogP contribution is -2.44. The van der Waals surface area contributed by atoms with Crippen molar-refractivity contribution in [2.45, 2.75) is 32.9 Å². The zero-order chi connectivity index (χ0) is 16.7. The molecule has 1 aromatic heterocycles. The number of methoxy groups -OCH3 is 1. The Labute approximate surface area is 137 Å². The van der Waals surface area contributed by atoms with Crippen molar-refractivity contribution in [2.24, 2.45) is 0 Å². The van der Waals surface area contributed by atoms with Crippen LogP contribution in [-0.4, -0.2) is 30.6 Å². The van der Waals surface area contributed by atoms with Gasteiger partial charge in [-0.3, -0.25) is 0 Å². The van der Waals surface area contributed by atoms with Gasteiger partial charge in [-0.15, -0.1) is 0 Å². The lowest BCUT2D eigenvalue weighted by atomic mass is 10.1. The van der Waals surface area contributed by atoms with Crippen LogP contribution in [0.1, 0.15) is 25.0 Å². The Bertz CT molecular complexity index is 610. The summed E-state index contributed by atoms with van der Waals surface area (Å²) in [5.41, 5.74) is 2.12. The smallest absolute Gasteiger partial charge is 0.317 e. The number of furan rings is 1. The van der Waals surface area contributed by atoms with Crippen molar-refractivity contribution in [1.82, 2.24) is 10.2 Å². The van der Waals surface area contributed by atoms with E-state index in [2.05, 4.69) is 5.32 Å². The van der Waals surface area contributed by atoms with Gasteiger partial charge in [-0.1, -0.05) is 12.1 Å². The van der Waals surface area contributed by atoms with Gasteiger partial charge >= 0.3 is 6.03 Å². The third-order valence-corrected chi connectivity index (χ3v) is 3.67. The van der Waals surface area contributed by atoms with Crippen LogP contribution < -0.4 is 10.1 Å². The minimum absolute atomic E-state index is 0.0352. The van der Waals surface area contributed by atoms with E-state index < -0.39 is 0 Å². The third kappa shape index (κ3) is 5.06. The molecule has 0 saturated carbocycles. The maximum absolute atomic E-state index is 12.4. The van der Waals surface area contributed by atoms with Gasteiger partial charge in [-0.2, -0.15) is 0 Å². The van der Waals surface area contributed by atoms with Crippen LogP contribution in [0.25, 0.3) is 0 Å². The van der Waals surface area contributed by atoms with E-state index in [1.807, 2.05) is 44.2 Å². The lowest BCUT2D eigenvalue weighted by Gasteiger charge is -2.23. The number of benzene rings is 1. The number of hydrogen-bond donors (Lipinski definition) is 1. The highest BCUT2D eigenvalue weighted by atomic mass is 16.5. The second kappa shape index (κ2) is 8.27. The number of amides is 2. The summed E-state index contributed by atoms with van der Waals surface area (Å²) in [7, 11) is 1.65. The minimum atomic E-state index is -0.0657. The zero-order valence-electron chi connectivity index (χ0n) is 13.9. The molecule has 5 heteroatoms. The monoisotopic (exact) mass is 316 g/mol. The van der Waals surface area contributed by atoms with E-state index in [0.29, 0.717) is 13.1 Å². The number of ether oxygens (including phenoxy) is 1. The number of nitrogens with zero attached hydrogens (tertiary/aromatic N) is 1. The highest BCUT2D eigenvalue weighted by molar-refractivity contribution is 5.74. The summed E-state index contributed by atoms with van der Waals surface area (Å²) >= 11 is 0. The van der Waals surface area contributed by atoms with Gasteiger partial charge < -0.3 is 19.4 Å². The molecule has 124 valence electrons. The van der Waals surface area contributed by atoms with Gasteiger partial charge in [0.05, 0.1) is 26.2 Å². The van der Waals surface area contributed by atoms with Crippen molar-refractivity contribution < 1.29 is 13.9 Å². The van der Waals surface area contributed by atoms with Crippen LogP contribution >= 0.6 is 0 Å². The van der Waals surface area contributed by atoms with Gasteiger partial charge in [0, 0.05) is 18.2 Å². The molecular weight excluding hydrogens is 292 g/mol. The molecule has 1 aromatic carbocycles. The molecule has 2 amide bonds. The van der Waals surface area contributed by atoms with Crippen LogP contribution in [-0.2, 0) is 13.0 Å². The Morgan fingerprint density at radius 3 is 2.83 bits per heavy atom. The quantitative estimate of drug-likeness (QED) is 0.851.